The van der Waals surface area contributed by atoms with Crippen LogP contribution in [0.3, 0.4) is 0 Å². The predicted molar refractivity (Wildman–Crippen MR) is 181 cm³/mol. The van der Waals surface area contributed by atoms with E-state index in [9.17, 15) is 4.79 Å². The van der Waals surface area contributed by atoms with Crippen LogP contribution in [0.1, 0.15) is 82.4 Å². The molecule has 0 bridgehead atoms. The van der Waals surface area contributed by atoms with Crippen molar-refractivity contribution < 1.29 is 9.21 Å². The van der Waals surface area contributed by atoms with E-state index in [1.807, 2.05) is 67.0 Å². The second kappa shape index (κ2) is 14.5. The summed E-state index contributed by atoms with van der Waals surface area (Å²) in [6.45, 7) is 11.4. The summed E-state index contributed by atoms with van der Waals surface area (Å²) in [5, 5.41) is 32.9. The van der Waals surface area contributed by atoms with Gasteiger partial charge in [0, 0.05) is 30.4 Å². The molecule has 12 nitrogen and oxygen atoms in total. The van der Waals surface area contributed by atoms with Gasteiger partial charge >= 0.3 is 0 Å². The molecule has 47 heavy (non-hydrogen) atoms. The van der Waals surface area contributed by atoms with Crippen molar-refractivity contribution in [1.82, 2.24) is 45.4 Å². The maximum absolute atomic E-state index is 12.9. The fourth-order valence-electron chi connectivity index (χ4n) is 5.97. The van der Waals surface area contributed by atoms with Crippen LogP contribution in [0.4, 0.5) is 5.82 Å². The molecular formula is C35H46N10O2. The maximum Gasteiger partial charge on any atom is 0.245 e. The van der Waals surface area contributed by atoms with Crippen LogP contribution < -0.4 is 16.0 Å². The number of benzene rings is 1. The van der Waals surface area contributed by atoms with Crippen molar-refractivity contribution in [3.8, 4) is 11.4 Å². The normalized spacial score (nSPS) is 14.4. The van der Waals surface area contributed by atoms with Crippen molar-refractivity contribution in [2.24, 2.45) is 11.3 Å². The van der Waals surface area contributed by atoms with E-state index in [1.54, 1.807) is 10.9 Å². The number of hydrogen-bond acceptors (Lipinski definition) is 9. The average Bonchev–Trinajstić information content (AvgIpc) is 3.80. The predicted octanol–water partition coefficient (Wildman–Crippen LogP) is 5.42. The van der Waals surface area contributed by atoms with Crippen LogP contribution in [0.5, 0.6) is 0 Å². The van der Waals surface area contributed by atoms with Gasteiger partial charge in [-0.3, -0.25) is 4.79 Å². The third-order valence-electron chi connectivity index (χ3n) is 8.88. The van der Waals surface area contributed by atoms with Gasteiger partial charge in [0.1, 0.15) is 11.8 Å². The van der Waals surface area contributed by atoms with Crippen LogP contribution in [-0.4, -0.2) is 60.3 Å². The number of carbonyl (C=O) groups excluding carboxylic acids is 1. The average molecular weight is 639 g/mol. The van der Waals surface area contributed by atoms with Crippen molar-refractivity contribution in [3.05, 3.63) is 78.0 Å². The van der Waals surface area contributed by atoms with Crippen LogP contribution in [0.2, 0.25) is 0 Å². The van der Waals surface area contributed by atoms with Crippen molar-refractivity contribution >= 4 is 17.4 Å². The molecule has 1 atom stereocenters. The molecule has 0 spiro atoms. The summed E-state index contributed by atoms with van der Waals surface area (Å²) >= 11 is 0. The lowest BCUT2D eigenvalue weighted by Crippen LogP contribution is -2.36. The van der Waals surface area contributed by atoms with Gasteiger partial charge < -0.3 is 20.4 Å². The molecule has 6 rings (SSSR count). The number of carbonyl (C=O) groups is 1. The van der Waals surface area contributed by atoms with Gasteiger partial charge in [-0.2, -0.15) is 4.52 Å². The zero-order chi connectivity index (χ0) is 32.8. The Labute approximate surface area is 275 Å². The van der Waals surface area contributed by atoms with Gasteiger partial charge in [-0.25, -0.2) is 4.68 Å². The topological polar surface area (TPSA) is 140 Å². The summed E-state index contributed by atoms with van der Waals surface area (Å²) < 4.78 is 8.88. The summed E-state index contributed by atoms with van der Waals surface area (Å²) in [7, 11) is 0. The molecule has 1 aromatic carbocycles. The lowest BCUT2D eigenvalue weighted by molar-refractivity contribution is -0.126. The first kappa shape index (κ1) is 32.4. The Morgan fingerprint density at radius 2 is 1.89 bits per heavy atom. The van der Waals surface area contributed by atoms with E-state index in [4.69, 9.17) is 9.52 Å². The van der Waals surface area contributed by atoms with Crippen molar-refractivity contribution in [2.45, 2.75) is 78.3 Å². The SMILES string of the molecule is CC(C)C(C(=O)NCc1ccco1)n1cc(CCCNCC(C)(C)CNc2nn3c(-c4ccccc4)nnc3cc2C2CCC2)nn1. The standard InChI is InChI=1S/C35H46N10O2/c1-24(2)31(34(46)37-20-28-16-10-18-47-28)44-21-27(39-43-44)15-9-17-36-22-35(3,4)23-38-32-29(25-13-8-14-25)19-30-40-41-33(45(30)42-32)26-11-6-5-7-12-26/h5-7,10-12,16,18-19,21,24-25,31,36H,8-9,13-15,17,20,22-23H2,1-4H3,(H,37,46)(H,38,42). The Hall–Kier alpha value is -4.58. The lowest BCUT2D eigenvalue weighted by atomic mass is 9.80. The highest BCUT2D eigenvalue weighted by Crippen LogP contribution is 2.40. The fourth-order valence-corrected chi connectivity index (χ4v) is 5.97. The first-order valence-corrected chi connectivity index (χ1v) is 16.7. The quantitative estimate of drug-likeness (QED) is 0.121. The first-order chi connectivity index (χ1) is 22.8. The smallest absolute Gasteiger partial charge is 0.245 e. The summed E-state index contributed by atoms with van der Waals surface area (Å²) in [6, 6.07) is 15.5. The van der Waals surface area contributed by atoms with E-state index in [-0.39, 0.29) is 17.2 Å². The van der Waals surface area contributed by atoms with E-state index in [0.717, 1.165) is 61.0 Å². The molecule has 1 unspecified atom stereocenters. The Morgan fingerprint density at radius 1 is 1.06 bits per heavy atom. The molecular weight excluding hydrogens is 592 g/mol. The number of rotatable bonds is 16. The molecule has 1 aliphatic carbocycles. The summed E-state index contributed by atoms with van der Waals surface area (Å²) in [5.41, 5.74) is 3.88. The number of nitrogens with zero attached hydrogens (tertiary/aromatic N) is 7. The van der Waals surface area contributed by atoms with Crippen molar-refractivity contribution in [3.63, 3.8) is 0 Å². The Balaban J connectivity index is 1.000. The van der Waals surface area contributed by atoms with E-state index in [1.165, 1.54) is 24.8 Å². The van der Waals surface area contributed by atoms with E-state index >= 15 is 0 Å². The van der Waals surface area contributed by atoms with E-state index in [0.29, 0.717) is 18.2 Å². The summed E-state index contributed by atoms with van der Waals surface area (Å²) in [4.78, 5) is 12.9. The third-order valence-corrected chi connectivity index (χ3v) is 8.88. The largest absolute Gasteiger partial charge is 0.467 e. The molecule has 1 saturated carbocycles. The Morgan fingerprint density at radius 3 is 2.62 bits per heavy atom. The Bertz CT molecular complexity index is 1740. The van der Waals surface area contributed by atoms with Crippen LogP contribution in [0, 0.1) is 11.3 Å². The molecule has 12 heteroatoms. The number of anilines is 1. The van der Waals surface area contributed by atoms with Gasteiger partial charge in [0.25, 0.3) is 0 Å². The maximum atomic E-state index is 12.9. The molecule has 1 aliphatic rings. The van der Waals surface area contributed by atoms with Crippen LogP contribution >= 0.6 is 0 Å². The number of nitrogens with one attached hydrogen (secondary N) is 3. The summed E-state index contributed by atoms with van der Waals surface area (Å²) in [5.74, 6) is 2.86. The molecule has 0 saturated heterocycles. The second-order valence-electron chi connectivity index (χ2n) is 13.7. The highest BCUT2D eigenvalue weighted by Gasteiger charge is 2.27. The number of furan rings is 1. The van der Waals surface area contributed by atoms with Gasteiger partial charge in [-0.1, -0.05) is 69.7 Å². The lowest BCUT2D eigenvalue weighted by Gasteiger charge is -2.30. The van der Waals surface area contributed by atoms with Crippen LogP contribution in [-0.2, 0) is 17.8 Å². The van der Waals surface area contributed by atoms with Crippen molar-refractivity contribution in [1.29, 1.82) is 0 Å². The van der Waals surface area contributed by atoms with Crippen LogP contribution in [0.25, 0.3) is 17.0 Å². The fraction of sp³-hybridized carbons (Fsp3) is 0.486. The number of hydrogen-bond donors (Lipinski definition) is 3. The van der Waals surface area contributed by atoms with E-state index in [2.05, 4.69) is 56.4 Å². The minimum atomic E-state index is -0.437. The molecule has 248 valence electrons. The van der Waals surface area contributed by atoms with Gasteiger partial charge in [-0.15, -0.1) is 20.4 Å². The Kier molecular flexibility index (Phi) is 9.95. The zero-order valence-corrected chi connectivity index (χ0v) is 27.8. The highest BCUT2D eigenvalue weighted by atomic mass is 16.3. The monoisotopic (exact) mass is 638 g/mol. The molecule has 4 heterocycles. The minimum Gasteiger partial charge on any atom is -0.467 e. The highest BCUT2D eigenvalue weighted by molar-refractivity contribution is 5.80. The minimum absolute atomic E-state index is 0.0143. The molecule has 1 amide bonds. The van der Waals surface area contributed by atoms with Gasteiger partial charge in [0.2, 0.25) is 5.91 Å². The molecule has 4 aromatic heterocycles. The van der Waals surface area contributed by atoms with Gasteiger partial charge in [0.05, 0.1) is 18.5 Å². The van der Waals surface area contributed by atoms with Gasteiger partial charge in [0.15, 0.2) is 17.3 Å². The number of aromatic nitrogens is 7. The zero-order valence-electron chi connectivity index (χ0n) is 27.8. The number of amides is 1. The second-order valence-corrected chi connectivity index (χ2v) is 13.7. The molecule has 3 N–H and O–H groups in total. The van der Waals surface area contributed by atoms with Crippen LogP contribution in [0.15, 0.2) is 65.4 Å². The number of fused-ring (bicyclic) bond motifs is 1. The molecule has 0 radical (unpaired) electrons. The molecule has 1 fully saturated rings. The third kappa shape index (κ3) is 7.87. The van der Waals surface area contributed by atoms with Crippen molar-refractivity contribution in [2.75, 3.05) is 25.0 Å². The molecule has 0 aliphatic heterocycles. The van der Waals surface area contributed by atoms with E-state index < -0.39 is 6.04 Å². The summed E-state index contributed by atoms with van der Waals surface area (Å²) in [6.07, 6.45) is 8.81. The van der Waals surface area contributed by atoms with Gasteiger partial charge in [-0.05, 0) is 67.7 Å². The molecule has 5 aromatic rings. The number of aryl methyl sites for hydroxylation is 1. The first-order valence-electron chi connectivity index (χ1n) is 16.7.